The smallest absolute Gasteiger partial charge is 0.309 e. The number of carboxylic acid groups (broad SMARTS) is 1. The molecule has 1 aliphatic heterocycles. The Morgan fingerprint density at radius 1 is 0.953 bits per heavy atom. The van der Waals surface area contributed by atoms with Crippen LogP contribution in [0.15, 0.2) is 47.7 Å². The average molecular weight is 985 g/mol. The van der Waals surface area contributed by atoms with Crippen LogP contribution in [0.1, 0.15) is 131 Å². The molecule has 6 aliphatic carbocycles. The Balaban J connectivity index is 0.876. The minimum atomic E-state index is -0.824. The molecule has 10 rings (SSSR count). The number of Topliss-reactive ketones (excluding diaryl/α,β-unsaturated/α-hetero) is 1. The van der Waals surface area contributed by atoms with Gasteiger partial charge in [-0.1, -0.05) is 67.0 Å². The van der Waals surface area contributed by atoms with Crippen LogP contribution in [0.3, 0.4) is 0 Å². The third-order valence-electron chi connectivity index (χ3n) is 19.9. The first-order valence-corrected chi connectivity index (χ1v) is 26.5. The molecule has 4 N–H and O–H groups in total. The molecule has 1 aromatic carbocycles. The number of nitrogens with zero attached hydrogens (tertiary/aromatic N) is 2. The molecule has 0 unspecified atom stereocenters. The molecule has 344 valence electrons. The first-order chi connectivity index (χ1) is 30.2. The number of ketones is 1. The number of carbonyl (C=O) groups excluding carboxylic acids is 2. The lowest BCUT2D eigenvalue weighted by Gasteiger charge is -2.77. The van der Waals surface area contributed by atoms with E-state index in [-0.39, 0.29) is 81.4 Å². The Bertz CT molecular complexity index is 2510. The van der Waals surface area contributed by atoms with Crippen LogP contribution in [0, 0.1) is 69.0 Å². The van der Waals surface area contributed by atoms with Crippen molar-refractivity contribution in [1.29, 1.82) is 0 Å². The Hall–Kier alpha value is -3.29. The predicted molar refractivity (Wildman–Crippen MR) is 258 cm³/mol. The van der Waals surface area contributed by atoms with Crippen molar-refractivity contribution in [2.45, 2.75) is 149 Å². The van der Waals surface area contributed by atoms with Crippen LogP contribution in [-0.2, 0) is 25.7 Å². The van der Waals surface area contributed by atoms with E-state index in [2.05, 4.69) is 73.0 Å². The molecule has 64 heavy (non-hydrogen) atoms. The van der Waals surface area contributed by atoms with Gasteiger partial charge in [-0.15, -0.1) is 20.7 Å². The summed E-state index contributed by atoms with van der Waals surface area (Å²) >= 11 is -0.226. The largest absolute Gasteiger partial charge is 0.481 e. The van der Waals surface area contributed by atoms with Gasteiger partial charge in [0, 0.05) is 51.2 Å². The number of nitrogens with one attached hydrogen (secondary N) is 2. The molecule has 0 bridgehead atoms. The summed E-state index contributed by atoms with van der Waals surface area (Å²) in [7, 11) is 0. The number of alkyl halides is 1. The number of aliphatic carboxylic acids is 1. The van der Waals surface area contributed by atoms with Gasteiger partial charge in [-0.3, -0.25) is 19.4 Å². The molecular weight excluding hydrogens is 916 g/mol. The second-order valence-electron chi connectivity index (χ2n) is 23.2. The molecule has 0 saturated heterocycles. The number of aromatic amines is 1. The van der Waals surface area contributed by atoms with Crippen LogP contribution in [0.4, 0.5) is 0 Å². The van der Waals surface area contributed by atoms with Crippen molar-refractivity contribution in [2.24, 2.45) is 62.1 Å². The molecule has 10 nitrogen and oxygen atoms in total. The molecule has 11 heteroatoms. The molecule has 3 aromatic rings. The van der Waals surface area contributed by atoms with Crippen LogP contribution >= 0.6 is 20.7 Å². The molecular formula is C53H69IN4O6. The van der Waals surface area contributed by atoms with Gasteiger partial charge in [0.15, 0.2) is 5.78 Å². The van der Waals surface area contributed by atoms with Gasteiger partial charge in [0.25, 0.3) is 0 Å². The van der Waals surface area contributed by atoms with Gasteiger partial charge in [-0.2, -0.15) is 0 Å². The van der Waals surface area contributed by atoms with E-state index < -0.39 is 28.8 Å². The zero-order valence-corrected chi connectivity index (χ0v) is 41.5. The molecule has 2 aromatic heterocycles. The lowest BCUT2D eigenvalue weighted by molar-refractivity contribution is -0.216. The number of H-pyrrole nitrogens is 1. The fourth-order valence-electron chi connectivity index (χ4n) is 15.9. The summed E-state index contributed by atoms with van der Waals surface area (Å²) in [5.41, 5.74) is 5.97. The maximum absolute atomic E-state index is 14.3. The minimum Gasteiger partial charge on any atom is -0.481 e. The summed E-state index contributed by atoms with van der Waals surface area (Å²) in [6.07, 6.45) is 9.83. The second-order valence-corrected chi connectivity index (χ2v) is 26.3. The summed E-state index contributed by atoms with van der Waals surface area (Å²) in [6, 6.07) is 10.3. The van der Waals surface area contributed by atoms with Crippen molar-refractivity contribution in [1.82, 2.24) is 20.3 Å². The van der Waals surface area contributed by atoms with Crippen molar-refractivity contribution in [2.75, 3.05) is 6.54 Å². The number of hydrogen-bond acceptors (Lipinski definition) is 8. The fraction of sp³-hybridized carbons (Fsp3) is 0.660. The standard InChI is InChI=1S/C53H69IN4O6/c1-29(2)42-38(59)24-52(40(60)27-55-25-31-11-14-36-37(22-31)58-44(57-36)32-12-10-30(3)56-26-32)20-18-48(6)33(43(42)52)13-15-39-49(48,7)19-21-53-50(39,8)17-16-41(51(53,9)28-54-53)64-46(63)35-23-34(45(61)62)47(35,4)5/h10-12,14,22,26,28-29,33-35,39-41,55,60H,13,15-21,23-25,27H2,1-9H3,(H,57,58)(H,61,62)/t33-,34+,35-,39+,40+,41+,48-,49-,50-,51-,52+,53+/m1/s1. The van der Waals surface area contributed by atoms with Crippen molar-refractivity contribution < 1.29 is 29.3 Å². The highest BCUT2D eigenvalue weighted by molar-refractivity contribution is 14.2. The Morgan fingerprint density at radius 2 is 1.72 bits per heavy atom. The van der Waals surface area contributed by atoms with E-state index in [1.54, 1.807) is 0 Å². The van der Waals surface area contributed by atoms with E-state index in [0.717, 1.165) is 90.6 Å². The molecule has 5 fully saturated rings. The summed E-state index contributed by atoms with van der Waals surface area (Å²) in [5, 5.41) is 25.9. The predicted octanol–water partition coefficient (Wildman–Crippen LogP) is 9.91. The van der Waals surface area contributed by atoms with Crippen molar-refractivity contribution in [3.63, 3.8) is 0 Å². The summed E-state index contributed by atoms with van der Waals surface area (Å²) in [4.78, 5) is 52.7. The number of aliphatic hydroxyl groups is 1. The number of allylic oxidation sites excluding steroid dienone is 1. The molecule has 0 radical (unpaired) electrons. The van der Waals surface area contributed by atoms with Crippen molar-refractivity contribution >= 4 is 53.5 Å². The first kappa shape index (κ1) is 44.5. The lowest BCUT2D eigenvalue weighted by atomic mass is 9.32. The summed E-state index contributed by atoms with van der Waals surface area (Å²) in [5.74, 6) is -0.0366. The Morgan fingerprint density at radius 3 is 2.39 bits per heavy atom. The van der Waals surface area contributed by atoms with Gasteiger partial charge < -0.3 is 25.3 Å². The van der Waals surface area contributed by atoms with E-state index in [4.69, 9.17) is 9.72 Å². The van der Waals surface area contributed by atoms with Crippen LogP contribution in [0.25, 0.3) is 22.4 Å². The Kier molecular flexibility index (Phi) is 10.3. The maximum atomic E-state index is 14.3. The quantitative estimate of drug-likeness (QED) is 0.0883. The number of aliphatic hydroxyl groups excluding tert-OH is 1. The highest BCUT2D eigenvalue weighted by Crippen LogP contribution is 2.81. The third kappa shape index (κ3) is 5.92. The number of carboxylic acids is 1. The molecule has 7 aliphatic rings. The molecule has 1 spiro atoms. The normalized spacial score (nSPS) is 39.9. The van der Waals surface area contributed by atoms with E-state index in [1.165, 1.54) is 5.57 Å². The summed E-state index contributed by atoms with van der Waals surface area (Å²) < 4.78 is 9.25. The third-order valence-corrected chi connectivity index (χ3v) is 25.5. The maximum Gasteiger partial charge on any atom is 0.309 e. The van der Waals surface area contributed by atoms with Gasteiger partial charge in [0.05, 0.1) is 29.0 Å². The highest BCUT2D eigenvalue weighted by Gasteiger charge is 2.77. The number of pyridine rings is 1. The number of hydrogen-bond donors (Lipinski definition) is 4. The highest BCUT2D eigenvalue weighted by atomic mass is 127. The number of carbonyl (C=O) groups is 3. The molecule has 3 heterocycles. The van der Waals surface area contributed by atoms with Gasteiger partial charge in [0.2, 0.25) is 0 Å². The van der Waals surface area contributed by atoms with Gasteiger partial charge in [-0.05, 0) is 144 Å². The summed E-state index contributed by atoms with van der Waals surface area (Å²) in [6.45, 7) is 21.3. The number of esters is 1. The number of aryl methyl sites for hydroxylation is 1. The fourth-order valence-corrected chi connectivity index (χ4v) is 20.6. The average Bonchev–Trinajstić information content (AvgIpc) is 3.80. The SMILES string of the molecule is Cc1ccc(-c2nc3ccc(CNC[C@H](O)[C@@]45CC[C@]6(C)[C@H](CC[C@@H]7[C@@]8(C)CC[C@H](OC(=O)[C@H]9C[C@@H](C(=O)O)C9(C)C)[C@@]9(C)C=I[C@]98CC[C@]76C)C4=C(C(C)C)C(=O)C5)cc3[nH]2)cn1. The Labute approximate surface area is 388 Å². The number of rotatable bonds is 10. The number of ether oxygens (including phenoxy) is 1. The van der Waals surface area contributed by atoms with E-state index in [9.17, 15) is 24.6 Å². The zero-order chi connectivity index (χ0) is 45.6. The zero-order valence-electron chi connectivity index (χ0n) is 39.4. The number of fused-ring (bicyclic) bond motifs is 7. The topological polar surface area (TPSA) is 154 Å². The van der Waals surface area contributed by atoms with Crippen LogP contribution in [0.5, 0.6) is 0 Å². The first-order valence-electron chi connectivity index (χ1n) is 24.2. The van der Waals surface area contributed by atoms with E-state index in [0.29, 0.717) is 31.8 Å². The van der Waals surface area contributed by atoms with Crippen molar-refractivity contribution in [3.8, 4) is 11.4 Å². The number of benzene rings is 1. The molecule has 5 saturated carbocycles. The van der Waals surface area contributed by atoms with Gasteiger partial charge in [-0.25, -0.2) is 4.98 Å². The molecule has 0 amide bonds. The minimum absolute atomic E-state index is 0.0216. The number of aromatic nitrogens is 3. The molecule has 12 atom stereocenters. The monoisotopic (exact) mass is 984 g/mol. The lowest BCUT2D eigenvalue weighted by Crippen LogP contribution is -2.75. The van der Waals surface area contributed by atoms with Crippen LogP contribution < -0.4 is 5.32 Å². The second kappa shape index (κ2) is 14.9. The van der Waals surface area contributed by atoms with Crippen molar-refractivity contribution in [3.05, 3.63) is 58.9 Å². The van der Waals surface area contributed by atoms with Crippen LogP contribution in [0.2, 0.25) is 0 Å². The van der Waals surface area contributed by atoms with Crippen LogP contribution in [-0.4, -0.2) is 69.1 Å². The van der Waals surface area contributed by atoms with Gasteiger partial charge in [0.1, 0.15) is 11.9 Å². The number of halogens is 1. The number of imidazole rings is 1. The van der Waals surface area contributed by atoms with E-state index >= 15 is 0 Å². The van der Waals surface area contributed by atoms with Gasteiger partial charge >= 0.3 is 11.9 Å². The van der Waals surface area contributed by atoms with E-state index in [1.807, 2.05) is 45.2 Å².